The third kappa shape index (κ3) is 4.89. The Balaban J connectivity index is 1.55. The highest BCUT2D eigenvalue weighted by Gasteiger charge is 2.31. The van der Waals surface area contributed by atoms with Crippen LogP contribution in [0.3, 0.4) is 0 Å². The van der Waals surface area contributed by atoms with Gasteiger partial charge in [-0.2, -0.15) is 13.2 Å². The summed E-state index contributed by atoms with van der Waals surface area (Å²) in [5.74, 6) is -0.277. The van der Waals surface area contributed by atoms with Gasteiger partial charge >= 0.3 is 12.1 Å². The van der Waals surface area contributed by atoms with E-state index in [0.29, 0.717) is 22.9 Å². The highest BCUT2D eigenvalue weighted by molar-refractivity contribution is 6.06. The van der Waals surface area contributed by atoms with Gasteiger partial charge in [0.25, 0.3) is 0 Å². The van der Waals surface area contributed by atoms with Crippen LogP contribution >= 0.6 is 0 Å². The second kappa shape index (κ2) is 9.61. The fourth-order valence-corrected chi connectivity index (χ4v) is 4.78. The van der Waals surface area contributed by atoms with Crippen LogP contribution < -0.4 is 0 Å². The Bertz CT molecular complexity index is 1460. The first-order valence-electron chi connectivity index (χ1n) is 11.8. The van der Waals surface area contributed by atoms with E-state index in [9.17, 15) is 18.0 Å². The molecule has 0 amide bonds. The lowest BCUT2D eigenvalue weighted by Gasteiger charge is -2.26. The van der Waals surface area contributed by atoms with Gasteiger partial charge in [0, 0.05) is 5.39 Å². The van der Waals surface area contributed by atoms with Gasteiger partial charge in [-0.05, 0) is 65.3 Å². The minimum Gasteiger partial charge on any atom is -0.457 e. The molecule has 5 rings (SSSR count). The third-order valence-electron chi connectivity index (χ3n) is 6.39. The number of ether oxygens (including phenoxy) is 1. The number of alkyl halides is 3. The number of carbonyl (C=O) groups excluding carboxylic acids is 1. The fraction of sp³-hybridized carbons (Fsp3) is 0.200. The van der Waals surface area contributed by atoms with Crippen molar-refractivity contribution in [1.82, 2.24) is 4.98 Å². The Morgan fingerprint density at radius 3 is 2.53 bits per heavy atom. The normalized spacial score (nSPS) is 16.7. The number of benzene rings is 3. The lowest BCUT2D eigenvalue weighted by atomic mass is 9.80. The summed E-state index contributed by atoms with van der Waals surface area (Å²) in [5.41, 5.74) is 4.33. The number of hydrogen-bond acceptors (Lipinski definition) is 3. The van der Waals surface area contributed by atoms with Gasteiger partial charge in [-0.1, -0.05) is 67.6 Å². The molecule has 0 bridgehead atoms. The Morgan fingerprint density at radius 1 is 1.00 bits per heavy atom. The summed E-state index contributed by atoms with van der Waals surface area (Å²) in [6.45, 7) is 1.88. The maximum absolute atomic E-state index is 13.5. The maximum atomic E-state index is 13.5. The largest absolute Gasteiger partial charge is 0.457 e. The number of fused-ring (bicyclic) bond motifs is 2. The van der Waals surface area contributed by atoms with Gasteiger partial charge in [0.2, 0.25) is 0 Å². The van der Waals surface area contributed by atoms with Crippen LogP contribution in [0.5, 0.6) is 0 Å². The summed E-state index contributed by atoms with van der Waals surface area (Å²) < 4.78 is 44.9. The molecule has 1 heterocycles. The number of para-hydroxylation sites is 1. The molecule has 6 heteroatoms. The quantitative estimate of drug-likeness (QED) is 0.277. The topological polar surface area (TPSA) is 39.2 Å². The molecule has 3 aromatic carbocycles. The minimum atomic E-state index is -4.46. The van der Waals surface area contributed by atoms with Gasteiger partial charge in [0.15, 0.2) is 0 Å². The monoisotopic (exact) mass is 487 g/mol. The van der Waals surface area contributed by atoms with Crippen molar-refractivity contribution in [2.75, 3.05) is 0 Å². The van der Waals surface area contributed by atoms with E-state index in [0.717, 1.165) is 40.9 Å². The zero-order chi connectivity index (χ0) is 25.3. The highest BCUT2D eigenvalue weighted by atomic mass is 19.4. The van der Waals surface area contributed by atoms with Crippen molar-refractivity contribution in [1.29, 1.82) is 0 Å². The predicted molar refractivity (Wildman–Crippen MR) is 134 cm³/mol. The highest BCUT2D eigenvalue weighted by Crippen LogP contribution is 2.39. The SMILES string of the molecule is CC1CC(=Cc2ccccc2)c2nc3ccccc3c(C(=O)OCc3cccc(C(F)(F)F)c3)c2C1. The summed E-state index contributed by atoms with van der Waals surface area (Å²) in [5, 5.41) is 0.679. The molecule has 36 heavy (non-hydrogen) atoms. The number of aromatic nitrogens is 1. The smallest absolute Gasteiger partial charge is 0.416 e. The van der Waals surface area contributed by atoms with Gasteiger partial charge in [-0.15, -0.1) is 0 Å². The van der Waals surface area contributed by atoms with E-state index >= 15 is 0 Å². The number of carbonyl (C=O) groups is 1. The van der Waals surface area contributed by atoms with Crippen molar-refractivity contribution in [3.8, 4) is 0 Å². The molecule has 0 spiro atoms. The Morgan fingerprint density at radius 2 is 1.75 bits per heavy atom. The zero-order valence-electron chi connectivity index (χ0n) is 19.7. The van der Waals surface area contributed by atoms with Crippen LogP contribution in [0.25, 0.3) is 22.6 Å². The van der Waals surface area contributed by atoms with E-state index < -0.39 is 17.7 Å². The third-order valence-corrected chi connectivity index (χ3v) is 6.39. The van der Waals surface area contributed by atoms with Crippen LogP contribution in [0.1, 0.15) is 51.7 Å². The zero-order valence-corrected chi connectivity index (χ0v) is 19.7. The number of esters is 1. The summed E-state index contributed by atoms with van der Waals surface area (Å²) in [4.78, 5) is 18.4. The number of hydrogen-bond donors (Lipinski definition) is 0. The first-order chi connectivity index (χ1) is 17.3. The minimum absolute atomic E-state index is 0.254. The Labute approximate surface area is 207 Å². The molecule has 0 radical (unpaired) electrons. The van der Waals surface area contributed by atoms with Gasteiger partial charge < -0.3 is 4.74 Å². The van der Waals surface area contributed by atoms with Gasteiger partial charge in [-0.25, -0.2) is 9.78 Å². The van der Waals surface area contributed by atoms with Crippen molar-refractivity contribution in [3.63, 3.8) is 0 Å². The molecule has 0 N–H and O–H groups in total. The van der Waals surface area contributed by atoms with Crippen molar-refractivity contribution in [2.24, 2.45) is 5.92 Å². The molecule has 1 unspecified atom stereocenters. The van der Waals surface area contributed by atoms with E-state index in [1.165, 1.54) is 12.1 Å². The van der Waals surface area contributed by atoms with E-state index in [2.05, 4.69) is 13.0 Å². The van der Waals surface area contributed by atoms with Crippen LogP contribution in [0.2, 0.25) is 0 Å². The molecule has 4 aromatic rings. The van der Waals surface area contributed by atoms with Crippen molar-refractivity contribution < 1.29 is 22.7 Å². The molecule has 0 saturated carbocycles. The average Bonchev–Trinajstić information content (AvgIpc) is 2.86. The maximum Gasteiger partial charge on any atom is 0.416 e. The summed E-state index contributed by atoms with van der Waals surface area (Å²) in [7, 11) is 0. The summed E-state index contributed by atoms with van der Waals surface area (Å²) in [6, 6.07) is 22.2. The Hall–Kier alpha value is -3.93. The van der Waals surface area contributed by atoms with E-state index in [-0.39, 0.29) is 18.1 Å². The van der Waals surface area contributed by atoms with E-state index in [4.69, 9.17) is 9.72 Å². The number of halogens is 3. The summed E-state index contributed by atoms with van der Waals surface area (Å²) in [6.07, 6.45) is -0.870. The predicted octanol–water partition coefficient (Wildman–Crippen LogP) is 7.73. The van der Waals surface area contributed by atoms with Crippen LogP contribution in [-0.4, -0.2) is 11.0 Å². The molecule has 3 nitrogen and oxygen atoms in total. The molecule has 0 fully saturated rings. The molecular formula is C30H24F3NO2. The number of pyridine rings is 1. The lowest BCUT2D eigenvalue weighted by molar-refractivity contribution is -0.137. The standard InChI is InChI=1S/C30H24F3NO2/c1-19-14-22(16-20-8-3-2-4-9-20)28-25(15-19)27(24-12-5-6-13-26(24)34-28)29(35)36-18-21-10-7-11-23(17-21)30(31,32)33/h2-13,16-17,19H,14-15,18H2,1H3. The van der Waals surface area contributed by atoms with Crippen LogP contribution in [0.4, 0.5) is 13.2 Å². The first kappa shape index (κ1) is 23.8. The van der Waals surface area contributed by atoms with Crippen LogP contribution in [0, 0.1) is 5.92 Å². The molecule has 0 aliphatic heterocycles. The average molecular weight is 488 g/mol. The number of allylic oxidation sites excluding steroid dienone is 1. The van der Waals surface area contributed by atoms with Crippen LogP contribution in [0.15, 0.2) is 78.9 Å². The molecule has 1 aromatic heterocycles. The molecule has 182 valence electrons. The van der Waals surface area contributed by atoms with E-state index in [1.807, 2.05) is 54.6 Å². The first-order valence-corrected chi connectivity index (χ1v) is 11.8. The molecule has 1 aliphatic carbocycles. The van der Waals surface area contributed by atoms with Crippen molar-refractivity contribution in [2.45, 2.75) is 32.5 Å². The van der Waals surface area contributed by atoms with Crippen molar-refractivity contribution in [3.05, 3.63) is 112 Å². The van der Waals surface area contributed by atoms with Gasteiger partial charge in [0.1, 0.15) is 6.61 Å². The fourth-order valence-electron chi connectivity index (χ4n) is 4.78. The van der Waals surface area contributed by atoms with E-state index in [1.54, 1.807) is 0 Å². The number of rotatable bonds is 4. The van der Waals surface area contributed by atoms with Gasteiger partial charge in [-0.3, -0.25) is 0 Å². The molecule has 1 atom stereocenters. The van der Waals surface area contributed by atoms with Crippen LogP contribution in [-0.2, 0) is 23.9 Å². The number of nitrogens with zero attached hydrogens (tertiary/aromatic N) is 1. The lowest BCUT2D eigenvalue weighted by Crippen LogP contribution is -2.19. The molecule has 0 saturated heterocycles. The summed E-state index contributed by atoms with van der Waals surface area (Å²) >= 11 is 0. The molecule has 1 aliphatic rings. The Kier molecular flexibility index (Phi) is 6.35. The second-order valence-electron chi connectivity index (χ2n) is 9.20. The second-order valence-corrected chi connectivity index (χ2v) is 9.20. The van der Waals surface area contributed by atoms with Gasteiger partial charge in [0.05, 0.1) is 22.3 Å². The van der Waals surface area contributed by atoms with Crippen molar-refractivity contribution >= 4 is 28.5 Å². The molecular weight excluding hydrogens is 463 g/mol.